The fourth-order valence-corrected chi connectivity index (χ4v) is 6.68. The Kier molecular flexibility index (Phi) is 7.75. The summed E-state index contributed by atoms with van der Waals surface area (Å²) in [5.41, 5.74) is 9.55. The van der Waals surface area contributed by atoms with E-state index in [1.165, 1.54) is 18.2 Å². The quantitative estimate of drug-likeness (QED) is 0.237. The maximum absolute atomic E-state index is 15.5. The Labute approximate surface area is 233 Å². The molecule has 1 heterocycles. The smallest absolute Gasteiger partial charge is 0.263 e. The first-order chi connectivity index (χ1) is 18.7. The van der Waals surface area contributed by atoms with Crippen LogP contribution >= 0.6 is 11.6 Å². The molecule has 0 amide bonds. The van der Waals surface area contributed by atoms with Gasteiger partial charge in [0.05, 0.1) is 16.2 Å². The molecule has 5 rings (SSSR count). The van der Waals surface area contributed by atoms with E-state index in [1.807, 2.05) is 12.1 Å². The largest absolute Gasteiger partial charge is 0.351 e. The van der Waals surface area contributed by atoms with Crippen LogP contribution in [0.2, 0.25) is 5.02 Å². The number of hydrogen-bond acceptors (Lipinski definition) is 6. The first kappa shape index (κ1) is 27.3. The number of nitrogens with one attached hydrogen (secondary N) is 2. The molecule has 0 bridgehead atoms. The number of sulfonamides is 1. The van der Waals surface area contributed by atoms with Crippen LogP contribution in [0.25, 0.3) is 22.0 Å². The van der Waals surface area contributed by atoms with Gasteiger partial charge in [-0.15, -0.1) is 0 Å². The van der Waals surface area contributed by atoms with Gasteiger partial charge in [0.2, 0.25) is 5.95 Å². The highest BCUT2D eigenvalue weighted by molar-refractivity contribution is 7.92. The average molecular weight is 568 g/mol. The van der Waals surface area contributed by atoms with Crippen molar-refractivity contribution in [2.45, 2.75) is 62.9 Å². The Morgan fingerprint density at radius 1 is 1.10 bits per heavy atom. The molecule has 0 aliphatic heterocycles. The zero-order chi connectivity index (χ0) is 27.7. The molecule has 0 saturated heterocycles. The fraction of sp³-hybridized carbons (Fsp3) is 0.310. The molecule has 1 fully saturated rings. The molecule has 7 nitrogen and oxygen atoms in total. The van der Waals surface area contributed by atoms with E-state index < -0.39 is 15.8 Å². The van der Waals surface area contributed by atoms with Crippen molar-refractivity contribution in [3.05, 3.63) is 76.7 Å². The second kappa shape index (κ2) is 11.1. The van der Waals surface area contributed by atoms with Gasteiger partial charge in [-0.1, -0.05) is 36.7 Å². The lowest BCUT2D eigenvalue weighted by atomic mass is 9.92. The van der Waals surface area contributed by atoms with E-state index in [1.54, 1.807) is 31.3 Å². The van der Waals surface area contributed by atoms with Gasteiger partial charge >= 0.3 is 0 Å². The zero-order valence-corrected chi connectivity index (χ0v) is 23.4. The van der Waals surface area contributed by atoms with E-state index in [4.69, 9.17) is 22.3 Å². The number of nitrogens with two attached hydrogens (primary N) is 1. The van der Waals surface area contributed by atoms with Gasteiger partial charge in [-0.25, -0.2) is 22.8 Å². The molecule has 4 N–H and O–H groups in total. The van der Waals surface area contributed by atoms with Gasteiger partial charge < -0.3 is 11.1 Å². The monoisotopic (exact) mass is 567 g/mol. The summed E-state index contributed by atoms with van der Waals surface area (Å²) in [5, 5.41) is 4.37. The summed E-state index contributed by atoms with van der Waals surface area (Å²) in [6, 6.07) is 13.7. The predicted molar refractivity (Wildman–Crippen MR) is 155 cm³/mol. The topological polar surface area (TPSA) is 110 Å². The first-order valence-electron chi connectivity index (χ1n) is 13.0. The summed E-state index contributed by atoms with van der Waals surface area (Å²) < 4.78 is 43.5. The van der Waals surface area contributed by atoms with E-state index in [2.05, 4.69) is 21.9 Å². The van der Waals surface area contributed by atoms with Gasteiger partial charge in [0, 0.05) is 23.7 Å². The Hall–Kier alpha value is -3.27. The minimum atomic E-state index is -4.07. The number of fused-ring (bicyclic) bond motifs is 1. The summed E-state index contributed by atoms with van der Waals surface area (Å²) in [6.07, 6.45) is 6.50. The molecule has 1 aromatic heterocycles. The molecule has 10 heteroatoms. The van der Waals surface area contributed by atoms with Gasteiger partial charge in [-0.2, -0.15) is 0 Å². The maximum atomic E-state index is 15.5. The molecular weight excluding hydrogens is 537 g/mol. The van der Waals surface area contributed by atoms with Crippen LogP contribution in [0.5, 0.6) is 0 Å². The number of aromatic nitrogens is 2. The second-order valence-corrected chi connectivity index (χ2v) is 12.1. The third kappa shape index (κ3) is 5.71. The summed E-state index contributed by atoms with van der Waals surface area (Å²) in [7, 11) is -4.07. The summed E-state index contributed by atoms with van der Waals surface area (Å²) >= 11 is 6.06. The van der Waals surface area contributed by atoms with Gasteiger partial charge in [0.1, 0.15) is 4.90 Å². The summed E-state index contributed by atoms with van der Waals surface area (Å²) in [4.78, 5) is 9.24. The molecule has 1 aliphatic carbocycles. The van der Waals surface area contributed by atoms with Crippen LogP contribution in [-0.2, 0) is 16.4 Å². The number of anilines is 2. The van der Waals surface area contributed by atoms with Crippen molar-refractivity contribution in [1.29, 1.82) is 0 Å². The highest BCUT2D eigenvalue weighted by Gasteiger charge is 2.22. The number of nitrogens with zero attached hydrogens (tertiary/aromatic N) is 2. The van der Waals surface area contributed by atoms with Crippen LogP contribution in [-0.4, -0.2) is 30.5 Å². The molecule has 1 aliphatic rings. The number of halogens is 2. The highest BCUT2D eigenvalue weighted by atomic mass is 35.5. The molecule has 0 spiro atoms. The predicted octanol–water partition coefficient (Wildman–Crippen LogP) is 6.44. The Morgan fingerprint density at radius 2 is 1.85 bits per heavy atom. The van der Waals surface area contributed by atoms with Crippen molar-refractivity contribution in [2.24, 2.45) is 5.73 Å². The van der Waals surface area contributed by atoms with Crippen LogP contribution in [0.4, 0.5) is 16.0 Å². The average Bonchev–Trinajstić information content (AvgIpc) is 2.92. The van der Waals surface area contributed by atoms with E-state index in [0.717, 1.165) is 54.1 Å². The number of aryl methyl sites for hydroxylation is 1. The molecule has 1 saturated carbocycles. The normalized spacial score (nSPS) is 17.8. The van der Waals surface area contributed by atoms with E-state index in [9.17, 15) is 8.42 Å². The molecule has 4 aromatic rings. The van der Waals surface area contributed by atoms with Crippen molar-refractivity contribution in [1.82, 2.24) is 9.97 Å². The minimum Gasteiger partial charge on any atom is -0.351 e. The summed E-state index contributed by atoms with van der Waals surface area (Å²) in [5.74, 6) is -0.0490. The first-order valence-corrected chi connectivity index (χ1v) is 14.9. The lowest BCUT2D eigenvalue weighted by Gasteiger charge is -2.26. The summed E-state index contributed by atoms with van der Waals surface area (Å²) in [6.45, 7) is 3.68. The minimum absolute atomic E-state index is 0.0607. The van der Waals surface area contributed by atoms with Gasteiger partial charge in [0.15, 0.2) is 5.82 Å². The molecule has 3 aromatic carbocycles. The van der Waals surface area contributed by atoms with E-state index in [-0.39, 0.29) is 21.6 Å². The molecular formula is C29H31ClFN5O2S. The van der Waals surface area contributed by atoms with Crippen LogP contribution < -0.4 is 15.8 Å². The van der Waals surface area contributed by atoms with Gasteiger partial charge in [-0.3, -0.25) is 4.72 Å². The maximum Gasteiger partial charge on any atom is 0.263 e. The second-order valence-electron chi connectivity index (χ2n) is 10.0. The van der Waals surface area contributed by atoms with Crippen LogP contribution in [0, 0.1) is 12.7 Å². The SMILES string of the molecule is CCc1cc(-c2ccc(NS(=O)(=O)c3ccccc3Cl)c(F)c2C)cc2cnc(N[C@H]3CC[C@H](N)CC3)nc12. The van der Waals surface area contributed by atoms with Crippen molar-refractivity contribution < 1.29 is 12.8 Å². The fourth-order valence-electron chi connectivity index (χ4n) is 5.10. The van der Waals surface area contributed by atoms with Crippen LogP contribution in [0.1, 0.15) is 43.7 Å². The Bertz CT molecular complexity index is 1640. The highest BCUT2D eigenvalue weighted by Crippen LogP contribution is 2.34. The van der Waals surface area contributed by atoms with Crippen molar-refractivity contribution >= 4 is 44.2 Å². The Balaban J connectivity index is 1.45. The van der Waals surface area contributed by atoms with Crippen LogP contribution in [0.3, 0.4) is 0 Å². The van der Waals surface area contributed by atoms with Crippen molar-refractivity contribution in [2.75, 3.05) is 10.0 Å². The molecule has 0 atom stereocenters. The lowest BCUT2D eigenvalue weighted by molar-refractivity contribution is 0.410. The molecule has 0 radical (unpaired) electrons. The van der Waals surface area contributed by atoms with Crippen molar-refractivity contribution in [3.8, 4) is 11.1 Å². The molecule has 39 heavy (non-hydrogen) atoms. The Morgan fingerprint density at radius 3 is 2.56 bits per heavy atom. The van der Waals surface area contributed by atoms with Gasteiger partial charge in [-0.05, 0) is 91.6 Å². The third-order valence-electron chi connectivity index (χ3n) is 7.32. The lowest BCUT2D eigenvalue weighted by Crippen LogP contribution is -2.33. The number of benzene rings is 3. The zero-order valence-electron chi connectivity index (χ0n) is 21.8. The van der Waals surface area contributed by atoms with Crippen LogP contribution in [0.15, 0.2) is 59.6 Å². The standard InChI is InChI=1S/C29H31ClFN5O2S/c1-3-18-14-19(15-20-16-33-29(35-28(18)20)34-22-10-8-21(32)9-11-22)23-12-13-25(27(31)17(23)2)36-39(37,38)26-7-5-4-6-24(26)30/h4-7,12-16,21-22,36H,3,8-11,32H2,1-2H3,(H,33,34,35)/t21-,22-. The number of hydrogen-bond donors (Lipinski definition) is 3. The molecule has 0 unspecified atom stereocenters. The molecule has 204 valence electrons. The van der Waals surface area contributed by atoms with Gasteiger partial charge in [0.25, 0.3) is 10.0 Å². The third-order valence-corrected chi connectivity index (χ3v) is 9.18. The van der Waals surface area contributed by atoms with E-state index >= 15 is 4.39 Å². The van der Waals surface area contributed by atoms with Crippen molar-refractivity contribution in [3.63, 3.8) is 0 Å². The van der Waals surface area contributed by atoms with E-state index in [0.29, 0.717) is 23.1 Å². The number of rotatable bonds is 7.